The van der Waals surface area contributed by atoms with Crippen LogP contribution in [0.1, 0.15) is 77.5 Å². The Labute approximate surface area is 360 Å². The predicted molar refractivity (Wildman–Crippen MR) is 229 cm³/mol. The van der Waals surface area contributed by atoms with E-state index in [1.54, 1.807) is 38.0 Å². The predicted octanol–water partition coefficient (Wildman–Crippen LogP) is 1.07. The van der Waals surface area contributed by atoms with E-state index in [-0.39, 0.29) is 53.0 Å². The first kappa shape index (κ1) is 42.8. The molecule has 9 aromatic rings. The third-order valence-electron chi connectivity index (χ3n) is 11.3. The van der Waals surface area contributed by atoms with Gasteiger partial charge in [-0.1, -0.05) is 27.7 Å². The Morgan fingerprint density at radius 2 is 0.703 bits per heavy atom. The van der Waals surface area contributed by atoms with Gasteiger partial charge in [0.2, 0.25) is 0 Å². The van der Waals surface area contributed by atoms with Crippen LogP contribution in [-0.4, -0.2) is 111 Å². The number of rotatable bonds is 15. The van der Waals surface area contributed by atoms with Crippen LogP contribution in [0, 0.1) is 0 Å². The Morgan fingerprint density at radius 3 is 0.922 bits per heavy atom. The third-order valence-corrected chi connectivity index (χ3v) is 11.3. The number of benzene rings is 2. The maximum atomic E-state index is 13.3. The molecular formula is C39H44N20O5. The van der Waals surface area contributed by atoms with Crippen molar-refractivity contribution in [2.75, 3.05) is 6.61 Å². The lowest BCUT2D eigenvalue weighted by atomic mass is 10.1. The van der Waals surface area contributed by atoms with Crippen molar-refractivity contribution in [1.82, 2.24) is 98.8 Å². The molecule has 0 amide bonds. The van der Waals surface area contributed by atoms with Crippen LogP contribution in [0.25, 0.3) is 43.6 Å². The number of aliphatic hydroxyl groups is 1. The molecule has 0 aliphatic heterocycles. The highest BCUT2D eigenvalue weighted by molar-refractivity contribution is 5.94. The molecule has 0 bridgehead atoms. The van der Waals surface area contributed by atoms with Crippen molar-refractivity contribution >= 4 is 43.6 Å². The zero-order valence-electron chi connectivity index (χ0n) is 35.3. The molecule has 0 unspecified atom stereocenters. The zero-order valence-corrected chi connectivity index (χ0v) is 35.3. The van der Waals surface area contributed by atoms with Crippen LogP contribution in [0.5, 0.6) is 0 Å². The van der Waals surface area contributed by atoms with E-state index in [4.69, 9.17) is 0 Å². The second-order valence-electron chi connectivity index (χ2n) is 15.0. The van der Waals surface area contributed by atoms with E-state index in [0.717, 1.165) is 0 Å². The molecule has 1 N–H and O–H groups in total. The highest BCUT2D eigenvalue weighted by Crippen LogP contribution is 2.21. The number of tetrazole rings is 3. The summed E-state index contributed by atoms with van der Waals surface area (Å²) in [5, 5.41) is 45.9. The normalized spacial score (nSPS) is 13.6. The Hall–Kier alpha value is -7.83. The van der Waals surface area contributed by atoms with Gasteiger partial charge in [0.25, 0.3) is 22.2 Å². The largest absolute Gasteiger partial charge is 0.394 e. The van der Waals surface area contributed by atoms with E-state index in [2.05, 4.69) is 66.2 Å². The molecule has 0 spiro atoms. The number of nitrogens with zero attached hydrogens (tertiary/aromatic N) is 20. The molecule has 9 rings (SSSR count). The van der Waals surface area contributed by atoms with E-state index in [9.17, 15) is 24.3 Å². The maximum Gasteiger partial charge on any atom is 0.261 e. The Bertz CT molecular complexity index is 3150. The van der Waals surface area contributed by atoms with Crippen LogP contribution in [0.3, 0.4) is 0 Å². The summed E-state index contributed by atoms with van der Waals surface area (Å²) in [6, 6.07) is 5.49. The molecular weight excluding hydrogens is 829 g/mol. The number of hydrogen-bond donors (Lipinski definition) is 1. The topological polar surface area (TPSA) is 291 Å². The van der Waals surface area contributed by atoms with Crippen molar-refractivity contribution in [3.8, 4) is 0 Å². The lowest BCUT2D eigenvalue weighted by Gasteiger charge is -2.18. The van der Waals surface area contributed by atoms with Crippen molar-refractivity contribution < 1.29 is 5.11 Å². The minimum absolute atomic E-state index is 0.154. The second-order valence-corrected chi connectivity index (χ2v) is 15.0. The van der Waals surface area contributed by atoms with E-state index in [1.807, 2.05) is 27.7 Å². The van der Waals surface area contributed by atoms with Crippen molar-refractivity contribution in [2.24, 2.45) is 0 Å². The van der Waals surface area contributed by atoms with Crippen LogP contribution >= 0.6 is 0 Å². The van der Waals surface area contributed by atoms with E-state index in [0.29, 0.717) is 88.9 Å². The summed E-state index contributed by atoms with van der Waals surface area (Å²) >= 11 is 0. The average molecular weight is 873 g/mol. The summed E-state index contributed by atoms with van der Waals surface area (Å²) < 4.78 is 6.11. The van der Waals surface area contributed by atoms with E-state index in [1.165, 1.54) is 63.2 Å². The average Bonchev–Trinajstić information content (AvgIpc) is 4.15. The summed E-state index contributed by atoms with van der Waals surface area (Å²) in [4.78, 5) is 74.7. The van der Waals surface area contributed by atoms with Crippen molar-refractivity contribution in [2.45, 2.75) is 97.2 Å². The molecule has 25 heteroatoms. The highest BCUT2D eigenvalue weighted by atomic mass is 16.3. The molecule has 7 heterocycles. The fourth-order valence-electron chi connectivity index (χ4n) is 7.61. The molecule has 7 aromatic heterocycles. The van der Waals surface area contributed by atoms with Crippen LogP contribution < -0.4 is 22.2 Å². The molecule has 0 aliphatic rings. The summed E-state index contributed by atoms with van der Waals surface area (Å²) in [5.41, 5.74) is 0.793. The van der Waals surface area contributed by atoms with Gasteiger partial charge in [0.1, 0.15) is 0 Å². The molecule has 0 aliphatic carbocycles. The van der Waals surface area contributed by atoms with Gasteiger partial charge in [-0.15, -0.1) is 30.6 Å². The Morgan fingerprint density at radius 1 is 0.438 bits per heavy atom. The van der Waals surface area contributed by atoms with Crippen LogP contribution in [0.15, 0.2) is 87.7 Å². The summed E-state index contributed by atoms with van der Waals surface area (Å²) in [7, 11) is 0. The molecule has 25 nitrogen and oxygen atoms in total. The molecule has 330 valence electrons. The van der Waals surface area contributed by atoms with E-state index < -0.39 is 0 Å². The first-order chi connectivity index (χ1) is 31.2. The standard InChI is InChI=1S/C20H22N12O2.C19H22N8O3/c1-3-13(7-31-25-9-23-27-31)29-11-21-17-6-16-18(5-15(17)19(29)33)22-12-30(20(16)34)14(4-2)8-32-26-10-24-28-32;1-3-12(7-27-23-9-22-24-27)25-10-20-16-6-15-17(5-14(16)18(25)29)21-11-26(19(15)30)13(4-2)8-28/h5-6,9-14H,3-4,7-8H2,1-2H3;5-6,9-13,28H,3-4,7-8H2,1-2H3/t13-,14-;12-,13-/m11/s1. The Balaban J connectivity index is 0.000000176. The van der Waals surface area contributed by atoms with Gasteiger partial charge < -0.3 is 5.11 Å². The highest BCUT2D eigenvalue weighted by Gasteiger charge is 2.20. The minimum Gasteiger partial charge on any atom is -0.394 e. The zero-order chi connectivity index (χ0) is 44.9. The molecule has 2 aromatic carbocycles. The smallest absolute Gasteiger partial charge is 0.261 e. The lowest BCUT2D eigenvalue weighted by molar-refractivity contribution is 0.221. The van der Waals surface area contributed by atoms with Gasteiger partial charge in [0, 0.05) is 0 Å². The number of hydrogen-bond acceptors (Lipinski definition) is 18. The summed E-state index contributed by atoms with van der Waals surface area (Å²) in [5.74, 6) is 0. The van der Waals surface area contributed by atoms with Crippen molar-refractivity contribution in [3.63, 3.8) is 0 Å². The SMILES string of the molecule is CC[C@H](CO)n1cnc2cc3c(=O)n([C@H](CC)Cn4ncnn4)cnc3cc2c1=O.CC[C@H](Cn1ncnn1)n1cnc2cc3c(=O)n([C@H](CC)Cn4ncnn4)cnc3cc2c1=O. The monoisotopic (exact) mass is 872 g/mol. The van der Waals surface area contributed by atoms with Gasteiger partial charge in [0.15, 0.2) is 19.0 Å². The van der Waals surface area contributed by atoms with Gasteiger partial charge in [0.05, 0.1) is 119 Å². The molecule has 0 saturated heterocycles. The van der Waals surface area contributed by atoms with Gasteiger partial charge in [-0.3, -0.25) is 37.4 Å². The summed E-state index contributed by atoms with van der Waals surface area (Å²) in [6.07, 6.45) is 12.6. The fraction of sp³-hybridized carbons (Fsp3) is 0.410. The maximum absolute atomic E-state index is 13.3. The first-order valence-corrected chi connectivity index (χ1v) is 20.7. The second kappa shape index (κ2) is 18.6. The van der Waals surface area contributed by atoms with Gasteiger partial charge in [-0.2, -0.15) is 14.4 Å². The lowest BCUT2D eigenvalue weighted by Crippen LogP contribution is -2.29. The van der Waals surface area contributed by atoms with Gasteiger partial charge in [-0.25, -0.2) is 19.9 Å². The van der Waals surface area contributed by atoms with Crippen molar-refractivity contribution in [1.29, 1.82) is 0 Å². The van der Waals surface area contributed by atoms with Crippen LogP contribution in [0.2, 0.25) is 0 Å². The molecule has 0 saturated carbocycles. The minimum atomic E-state index is -0.346. The van der Waals surface area contributed by atoms with Crippen molar-refractivity contribution in [3.05, 3.63) is 110 Å². The number of aliphatic hydroxyl groups excluding tert-OH is 1. The molecule has 64 heavy (non-hydrogen) atoms. The molecule has 0 radical (unpaired) electrons. The van der Waals surface area contributed by atoms with Crippen LogP contribution in [0.4, 0.5) is 0 Å². The third kappa shape index (κ3) is 8.38. The number of aromatic nitrogens is 20. The summed E-state index contributed by atoms with van der Waals surface area (Å²) in [6.45, 7) is 8.81. The quantitative estimate of drug-likeness (QED) is 0.141. The van der Waals surface area contributed by atoms with E-state index >= 15 is 0 Å². The van der Waals surface area contributed by atoms with Crippen LogP contribution in [-0.2, 0) is 19.6 Å². The molecule has 4 atom stereocenters. The van der Waals surface area contributed by atoms with Gasteiger partial charge >= 0.3 is 0 Å². The first-order valence-electron chi connectivity index (χ1n) is 20.7. The fourth-order valence-corrected chi connectivity index (χ4v) is 7.61. The number of fused-ring (bicyclic) bond motifs is 4. The Kier molecular flexibility index (Phi) is 12.5. The van der Waals surface area contributed by atoms with Gasteiger partial charge in [-0.05, 0) is 65.6 Å². The molecule has 0 fully saturated rings.